The van der Waals surface area contributed by atoms with Gasteiger partial charge in [0.25, 0.3) is 0 Å². The summed E-state index contributed by atoms with van der Waals surface area (Å²) in [6.45, 7) is 3.69. The lowest BCUT2D eigenvalue weighted by Crippen LogP contribution is -2.48. The van der Waals surface area contributed by atoms with Gasteiger partial charge < -0.3 is 14.5 Å². The molecule has 0 aliphatic carbocycles. The van der Waals surface area contributed by atoms with Crippen LogP contribution in [-0.4, -0.2) is 52.3 Å². The molecule has 1 atom stereocenters. The summed E-state index contributed by atoms with van der Waals surface area (Å²) in [6, 6.07) is 17.0. The monoisotopic (exact) mass is 532 g/mol. The fourth-order valence-electron chi connectivity index (χ4n) is 4.61. The average molecular weight is 533 g/mol. The maximum Gasteiger partial charge on any atom is 0.242 e. The molecule has 10 heteroatoms. The standard InChI is InChI=1S/C25H26Cl2N4O3S/c26-20-6-7-24-19(12-20)13-21(17-31(24)16-18-4-2-1-3-5-18)29-35(32,33)22-14-23(27)25(28-15-22)30-8-10-34-11-9-30/h1-7,12,14-15,21,29H,8-11,13,16-17H2. The SMILES string of the molecule is O=S(=O)(NC1Cc2cc(Cl)ccc2N(Cc2ccccc2)C1)c1cnc(N2CCOCC2)c(Cl)c1. The molecule has 0 radical (unpaired) electrons. The summed E-state index contributed by atoms with van der Waals surface area (Å²) in [5.41, 5.74) is 3.21. The number of nitrogens with zero attached hydrogens (tertiary/aromatic N) is 3. The molecule has 1 fully saturated rings. The molecule has 0 amide bonds. The first-order valence-corrected chi connectivity index (χ1v) is 13.7. The molecule has 0 spiro atoms. The number of halogens is 2. The van der Waals surface area contributed by atoms with Crippen molar-refractivity contribution in [3.63, 3.8) is 0 Å². The van der Waals surface area contributed by atoms with Gasteiger partial charge in [0.05, 0.1) is 18.2 Å². The number of hydrogen-bond donors (Lipinski definition) is 1. The molecule has 184 valence electrons. The summed E-state index contributed by atoms with van der Waals surface area (Å²) in [5, 5.41) is 0.933. The van der Waals surface area contributed by atoms with Gasteiger partial charge in [-0.05, 0) is 41.8 Å². The average Bonchev–Trinajstić information content (AvgIpc) is 2.84. The van der Waals surface area contributed by atoms with Crippen molar-refractivity contribution < 1.29 is 13.2 Å². The summed E-state index contributed by atoms with van der Waals surface area (Å²) in [7, 11) is -3.84. The topological polar surface area (TPSA) is 74.8 Å². The molecule has 7 nitrogen and oxygen atoms in total. The molecule has 2 aromatic carbocycles. The van der Waals surface area contributed by atoms with E-state index in [1.54, 1.807) is 0 Å². The number of anilines is 2. The van der Waals surface area contributed by atoms with Crippen molar-refractivity contribution in [1.82, 2.24) is 9.71 Å². The minimum atomic E-state index is -3.84. The number of pyridine rings is 1. The highest BCUT2D eigenvalue weighted by Crippen LogP contribution is 2.32. The molecule has 5 rings (SSSR count). The minimum absolute atomic E-state index is 0.0472. The Morgan fingerprint density at radius 1 is 1.06 bits per heavy atom. The predicted molar refractivity (Wildman–Crippen MR) is 139 cm³/mol. The molecular formula is C25H26Cl2N4O3S. The molecule has 1 aromatic heterocycles. The number of ether oxygens (including phenoxy) is 1. The van der Waals surface area contributed by atoms with E-state index in [9.17, 15) is 8.42 Å². The van der Waals surface area contributed by atoms with E-state index in [2.05, 4.69) is 26.7 Å². The van der Waals surface area contributed by atoms with E-state index in [-0.39, 0.29) is 10.9 Å². The first kappa shape index (κ1) is 24.3. The van der Waals surface area contributed by atoms with Crippen LogP contribution >= 0.6 is 23.2 Å². The zero-order chi connectivity index (χ0) is 24.4. The highest BCUT2D eigenvalue weighted by atomic mass is 35.5. The lowest BCUT2D eigenvalue weighted by Gasteiger charge is -2.36. The second-order valence-electron chi connectivity index (χ2n) is 8.74. The second-order valence-corrected chi connectivity index (χ2v) is 11.3. The summed E-state index contributed by atoms with van der Waals surface area (Å²) in [5.74, 6) is 0.573. The molecule has 35 heavy (non-hydrogen) atoms. The summed E-state index contributed by atoms with van der Waals surface area (Å²) < 4.78 is 34.8. The fraction of sp³-hybridized carbons (Fsp3) is 0.320. The quantitative estimate of drug-likeness (QED) is 0.514. The largest absolute Gasteiger partial charge is 0.378 e. The maximum atomic E-state index is 13.3. The van der Waals surface area contributed by atoms with E-state index in [1.807, 2.05) is 41.3 Å². The number of benzene rings is 2. The predicted octanol–water partition coefficient (Wildman–Crippen LogP) is 4.13. The Kier molecular flexibility index (Phi) is 7.18. The van der Waals surface area contributed by atoms with Gasteiger partial charge in [-0.25, -0.2) is 18.1 Å². The lowest BCUT2D eigenvalue weighted by molar-refractivity contribution is 0.122. The Hall–Kier alpha value is -2.36. The molecule has 2 aliphatic heterocycles. The van der Waals surface area contributed by atoms with E-state index in [4.69, 9.17) is 27.9 Å². The van der Waals surface area contributed by atoms with Gasteiger partial charge in [-0.3, -0.25) is 0 Å². The lowest BCUT2D eigenvalue weighted by atomic mass is 9.98. The van der Waals surface area contributed by atoms with Gasteiger partial charge in [0.1, 0.15) is 10.7 Å². The zero-order valence-corrected chi connectivity index (χ0v) is 21.4. The van der Waals surface area contributed by atoms with Gasteiger partial charge in [-0.15, -0.1) is 0 Å². The number of aromatic nitrogens is 1. The normalized spacial score (nSPS) is 18.4. The summed E-state index contributed by atoms with van der Waals surface area (Å²) in [6.07, 6.45) is 1.90. The minimum Gasteiger partial charge on any atom is -0.378 e. The molecular weight excluding hydrogens is 507 g/mol. The number of fused-ring (bicyclic) bond motifs is 1. The van der Waals surface area contributed by atoms with Crippen LogP contribution in [0, 0.1) is 0 Å². The van der Waals surface area contributed by atoms with E-state index < -0.39 is 10.0 Å². The van der Waals surface area contributed by atoms with Crippen LogP contribution in [0.5, 0.6) is 0 Å². The second kappa shape index (κ2) is 10.3. The van der Waals surface area contributed by atoms with Crippen molar-refractivity contribution in [1.29, 1.82) is 0 Å². The van der Waals surface area contributed by atoms with Gasteiger partial charge >= 0.3 is 0 Å². The molecule has 3 heterocycles. The summed E-state index contributed by atoms with van der Waals surface area (Å²) >= 11 is 12.7. The highest BCUT2D eigenvalue weighted by molar-refractivity contribution is 7.89. The van der Waals surface area contributed by atoms with Gasteiger partial charge in [-0.2, -0.15) is 0 Å². The fourth-order valence-corrected chi connectivity index (χ4v) is 6.35. The van der Waals surface area contributed by atoms with Gasteiger partial charge in [0.15, 0.2) is 0 Å². The van der Waals surface area contributed by atoms with Gasteiger partial charge in [0, 0.05) is 49.1 Å². The van der Waals surface area contributed by atoms with Crippen LogP contribution in [0.1, 0.15) is 11.1 Å². The number of hydrogen-bond acceptors (Lipinski definition) is 6. The van der Waals surface area contributed by atoms with Crippen LogP contribution in [0.3, 0.4) is 0 Å². The Bertz CT molecular complexity index is 1300. The van der Waals surface area contributed by atoms with Crippen molar-refractivity contribution in [2.24, 2.45) is 0 Å². The Morgan fingerprint density at radius 2 is 1.83 bits per heavy atom. The van der Waals surface area contributed by atoms with Gasteiger partial charge in [0.2, 0.25) is 10.0 Å². The smallest absolute Gasteiger partial charge is 0.242 e. The molecule has 3 aromatic rings. The Morgan fingerprint density at radius 3 is 2.57 bits per heavy atom. The van der Waals surface area contributed by atoms with Crippen LogP contribution in [0.4, 0.5) is 11.5 Å². The summed E-state index contributed by atoms with van der Waals surface area (Å²) in [4.78, 5) is 8.60. The molecule has 2 aliphatic rings. The van der Waals surface area contributed by atoms with Crippen LogP contribution in [0.25, 0.3) is 0 Å². The molecule has 0 bridgehead atoms. The van der Waals surface area contributed by atoms with E-state index in [0.29, 0.717) is 61.7 Å². The third-order valence-electron chi connectivity index (χ3n) is 6.24. The number of morpholine rings is 1. The van der Waals surface area contributed by atoms with Crippen molar-refractivity contribution >= 4 is 44.7 Å². The molecule has 1 unspecified atom stereocenters. The maximum absolute atomic E-state index is 13.3. The third kappa shape index (κ3) is 5.57. The molecule has 1 saturated heterocycles. The van der Waals surface area contributed by atoms with Crippen molar-refractivity contribution in [3.8, 4) is 0 Å². The number of nitrogens with one attached hydrogen (secondary N) is 1. The number of rotatable bonds is 6. The van der Waals surface area contributed by atoms with Crippen molar-refractivity contribution in [2.45, 2.75) is 23.9 Å². The first-order chi connectivity index (χ1) is 16.9. The first-order valence-electron chi connectivity index (χ1n) is 11.5. The van der Waals surface area contributed by atoms with Crippen molar-refractivity contribution in [3.05, 3.63) is 82.0 Å². The number of sulfonamides is 1. The van der Waals surface area contributed by atoms with E-state index >= 15 is 0 Å². The van der Waals surface area contributed by atoms with Crippen LogP contribution in [0.15, 0.2) is 65.7 Å². The van der Waals surface area contributed by atoms with E-state index in [1.165, 1.54) is 12.3 Å². The van der Waals surface area contributed by atoms with Crippen LogP contribution in [0.2, 0.25) is 10.0 Å². The van der Waals surface area contributed by atoms with Gasteiger partial charge in [-0.1, -0.05) is 53.5 Å². The van der Waals surface area contributed by atoms with Crippen LogP contribution < -0.4 is 14.5 Å². The molecule has 1 N–H and O–H groups in total. The Labute approximate surface area is 215 Å². The molecule has 0 saturated carbocycles. The van der Waals surface area contributed by atoms with Crippen LogP contribution in [-0.2, 0) is 27.7 Å². The zero-order valence-electron chi connectivity index (χ0n) is 19.0. The van der Waals surface area contributed by atoms with Crippen molar-refractivity contribution in [2.75, 3.05) is 42.6 Å². The highest BCUT2D eigenvalue weighted by Gasteiger charge is 2.29. The third-order valence-corrected chi connectivity index (χ3v) is 8.25. The van der Waals surface area contributed by atoms with E-state index in [0.717, 1.165) is 16.8 Å². The Balaban J connectivity index is 1.37.